The number of anilines is 1. The number of benzene rings is 1. The van der Waals surface area contributed by atoms with Crippen molar-refractivity contribution < 1.29 is 9.25 Å². The van der Waals surface area contributed by atoms with Gasteiger partial charge in [-0.25, -0.2) is 10.9 Å². The van der Waals surface area contributed by atoms with Crippen molar-refractivity contribution in [3.8, 4) is 0 Å². The van der Waals surface area contributed by atoms with E-state index in [4.69, 9.17) is 20.9 Å². The van der Waals surface area contributed by atoms with Crippen molar-refractivity contribution in [2.75, 3.05) is 12.0 Å². The number of halogens is 1. The highest BCUT2D eigenvalue weighted by Gasteiger charge is 2.53. The highest BCUT2D eigenvalue weighted by molar-refractivity contribution is 6.31. The number of oxazole rings is 1. The normalized spacial score (nSPS) is 33.8. The monoisotopic (exact) mass is 334 g/mol. The number of hydrazine groups is 2. The summed E-state index contributed by atoms with van der Waals surface area (Å²) in [5.41, 5.74) is 7.70. The maximum atomic E-state index is 6.23. The second kappa shape index (κ2) is 5.08. The first-order valence-electron chi connectivity index (χ1n) is 8.26. The summed E-state index contributed by atoms with van der Waals surface area (Å²) in [5, 5.41) is 2.21. The fourth-order valence-electron chi connectivity index (χ4n) is 4.43. The quantitative estimate of drug-likeness (QED) is 0.876. The molecule has 6 nitrogen and oxygen atoms in total. The summed E-state index contributed by atoms with van der Waals surface area (Å²) < 4.78 is 5.68. The van der Waals surface area contributed by atoms with Gasteiger partial charge in [0.25, 0.3) is 0 Å². The fourth-order valence-corrected chi connectivity index (χ4v) is 4.59. The van der Waals surface area contributed by atoms with Gasteiger partial charge in [0, 0.05) is 11.6 Å². The Balaban J connectivity index is 1.33. The zero-order chi connectivity index (χ0) is 15.4. The van der Waals surface area contributed by atoms with Crippen molar-refractivity contribution >= 4 is 28.7 Å². The van der Waals surface area contributed by atoms with Crippen molar-refractivity contribution in [2.24, 2.45) is 11.8 Å². The molecule has 2 heterocycles. The Morgan fingerprint density at radius 3 is 2.96 bits per heavy atom. The van der Waals surface area contributed by atoms with Crippen LogP contribution in [0.15, 0.2) is 22.6 Å². The predicted molar refractivity (Wildman–Crippen MR) is 86.4 cm³/mol. The number of rotatable bonds is 2. The van der Waals surface area contributed by atoms with Gasteiger partial charge in [0.1, 0.15) is 11.1 Å². The van der Waals surface area contributed by atoms with E-state index in [1.807, 2.05) is 6.07 Å². The van der Waals surface area contributed by atoms with Crippen molar-refractivity contribution in [3.05, 3.63) is 23.2 Å². The summed E-state index contributed by atoms with van der Waals surface area (Å²) in [6.07, 6.45) is 6.42. The molecule has 6 rings (SSSR count). The van der Waals surface area contributed by atoms with Gasteiger partial charge in [-0.15, -0.1) is 0 Å². The van der Waals surface area contributed by atoms with E-state index in [0.29, 0.717) is 22.5 Å². The molecule has 3 aliphatic carbocycles. The van der Waals surface area contributed by atoms with E-state index < -0.39 is 0 Å². The molecule has 1 aliphatic heterocycles. The largest absolute Gasteiger partial charge is 0.423 e. The van der Waals surface area contributed by atoms with E-state index in [-0.39, 0.29) is 5.60 Å². The molecule has 1 aromatic heterocycles. The third-order valence-electron chi connectivity index (χ3n) is 5.57. The van der Waals surface area contributed by atoms with Gasteiger partial charge in [0.15, 0.2) is 5.58 Å². The molecule has 7 heteroatoms. The van der Waals surface area contributed by atoms with Gasteiger partial charge in [0.2, 0.25) is 0 Å². The zero-order valence-electron chi connectivity index (χ0n) is 12.7. The molecule has 1 atom stereocenters. The first-order chi connectivity index (χ1) is 11.2. The van der Waals surface area contributed by atoms with Crippen molar-refractivity contribution in [1.29, 1.82) is 0 Å². The molecule has 0 amide bonds. The molecular weight excluding hydrogens is 316 g/mol. The van der Waals surface area contributed by atoms with Gasteiger partial charge in [0.05, 0.1) is 0 Å². The lowest BCUT2D eigenvalue weighted by Gasteiger charge is -2.47. The summed E-state index contributed by atoms with van der Waals surface area (Å²) in [5.74, 6) is 1.46. The minimum absolute atomic E-state index is 0.0660. The summed E-state index contributed by atoms with van der Waals surface area (Å²) in [6.45, 7) is 0.840. The van der Waals surface area contributed by atoms with Gasteiger partial charge in [-0.1, -0.05) is 11.6 Å². The van der Waals surface area contributed by atoms with E-state index in [1.165, 1.54) is 25.7 Å². The Morgan fingerprint density at radius 1 is 1.30 bits per heavy atom. The first kappa shape index (κ1) is 14.0. The number of aromatic nitrogens is 1. The van der Waals surface area contributed by atoms with Crippen LogP contribution in [0.5, 0.6) is 0 Å². The van der Waals surface area contributed by atoms with Crippen LogP contribution < -0.4 is 10.9 Å². The summed E-state index contributed by atoms with van der Waals surface area (Å²) in [4.78, 5) is 10.6. The van der Waals surface area contributed by atoms with Crippen LogP contribution in [-0.4, -0.2) is 22.4 Å². The van der Waals surface area contributed by atoms with Crippen LogP contribution in [0.25, 0.3) is 11.1 Å². The van der Waals surface area contributed by atoms with Crippen LogP contribution in [0.4, 0.5) is 6.01 Å². The number of nitrogens with zero attached hydrogens (tertiary/aromatic N) is 2. The number of fused-ring (bicyclic) bond motifs is 3. The Hall–Kier alpha value is -1.34. The molecule has 1 aromatic carbocycles. The topological polar surface area (TPSA) is 62.6 Å². The maximum Gasteiger partial charge on any atom is 0.313 e. The lowest BCUT2D eigenvalue weighted by atomic mass is 9.62. The Kier molecular flexibility index (Phi) is 3.10. The lowest BCUT2D eigenvalue weighted by molar-refractivity contribution is -0.236. The van der Waals surface area contributed by atoms with E-state index in [0.717, 1.165) is 24.4 Å². The van der Waals surface area contributed by atoms with Crippen LogP contribution in [-0.2, 0) is 4.84 Å². The standard InChI is InChI=1S/C16H19ClN4O2/c17-12-5-6-14-13(7-12)19-15(22-14)20-21-18-9-16(23-21)8-10-1-3-11(16)4-2-10/h5-7,10-11,18H,1-4,8-9H2,(H,19,20)/t10?,11?,16-/m0/s1. The minimum Gasteiger partial charge on any atom is -0.423 e. The Bertz CT molecular complexity index is 743. The average Bonchev–Trinajstić information content (AvgIpc) is 3.12. The molecule has 2 aromatic rings. The number of hydrogen-bond donors (Lipinski definition) is 2. The fraction of sp³-hybridized carbons (Fsp3) is 0.562. The van der Waals surface area contributed by atoms with Gasteiger partial charge < -0.3 is 4.42 Å². The zero-order valence-corrected chi connectivity index (χ0v) is 13.5. The van der Waals surface area contributed by atoms with E-state index >= 15 is 0 Å². The lowest BCUT2D eigenvalue weighted by Crippen LogP contribution is -2.50. The Morgan fingerprint density at radius 2 is 2.17 bits per heavy atom. The predicted octanol–water partition coefficient (Wildman–Crippen LogP) is 3.51. The van der Waals surface area contributed by atoms with E-state index in [2.05, 4.69) is 15.8 Å². The van der Waals surface area contributed by atoms with Crippen molar-refractivity contribution in [3.63, 3.8) is 0 Å². The third-order valence-corrected chi connectivity index (χ3v) is 5.80. The number of hydrogen-bond acceptors (Lipinski definition) is 6. The molecular formula is C16H19ClN4O2. The van der Waals surface area contributed by atoms with Crippen LogP contribution in [0.2, 0.25) is 5.02 Å². The second-order valence-corrected chi connectivity index (χ2v) is 7.39. The van der Waals surface area contributed by atoms with E-state index in [1.54, 1.807) is 17.4 Å². The third kappa shape index (κ3) is 2.32. The van der Waals surface area contributed by atoms with Crippen molar-refractivity contribution in [2.45, 2.75) is 37.7 Å². The first-order valence-corrected chi connectivity index (χ1v) is 8.63. The maximum absolute atomic E-state index is 6.23. The molecule has 0 radical (unpaired) electrons. The molecule has 4 fully saturated rings. The molecule has 0 unspecified atom stereocenters. The van der Waals surface area contributed by atoms with Crippen LogP contribution in [0.3, 0.4) is 0 Å². The molecule has 2 bridgehead atoms. The number of nitrogens with one attached hydrogen (secondary N) is 2. The van der Waals surface area contributed by atoms with Gasteiger partial charge in [-0.05, 0) is 67.4 Å². The molecule has 4 aliphatic rings. The minimum atomic E-state index is -0.0660. The molecule has 1 saturated heterocycles. The SMILES string of the molecule is Clc1ccc2oc(NN3NC[C@]4(CC5CCC4CC5)O3)nc2c1. The van der Waals surface area contributed by atoms with Gasteiger partial charge in [-0.2, -0.15) is 4.98 Å². The highest BCUT2D eigenvalue weighted by Crippen LogP contribution is 2.50. The van der Waals surface area contributed by atoms with Crippen LogP contribution in [0, 0.1) is 11.8 Å². The second-order valence-electron chi connectivity index (χ2n) is 6.95. The van der Waals surface area contributed by atoms with Crippen molar-refractivity contribution in [1.82, 2.24) is 15.7 Å². The molecule has 2 N–H and O–H groups in total. The molecule has 23 heavy (non-hydrogen) atoms. The molecule has 122 valence electrons. The van der Waals surface area contributed by atoms with Gasteiger partial charge in [-0.3, -0.25) is 4.84 Å². The van der Waals surface area contributed by atoms with Crippen LogP contribution >= 0.6 is 11.6 Å². The molecule has 3 saturated carbocycles. The van der Waals surface area contributed by atoms with Gasteiger partial charge >= 0.3 is 6.01 Å². The van der Waals surface area contributed by atoms with E-state index in [9.17, 15) is 0 Å². The average molecular weight is 335 g/mol. The summed E-state index contributed by atoms with van der Waals surface area (Å²) in [7, 11) is 0. The van der Waals surface area contributed by atoms with Crippen LogP contribution in [0.1, 0.15) is 32.1 Å². The summed E-state index contributed by atoms with van der Waals surface area (Å²) >= 11 is 5.98. The summed E-state index contributed by atoms with van der Waals surface area (Å²) in [6, 6.07) is 5.78. The Labute approximate surface area is 139 Å². The highest BCUT2D eigenvalue weighted by atomic mass is 35.5. The molecule has 1 spiro atoms. The smallest absolute Gasteiger partial charge is 0.313 e.